The van der Waals surface area contributed by atoms with Crippen LogP contribution in [-0.2, 0) is 6.18 Å². The second kappa shape index (κ2) is 5.92. The van der Waals surface area contributed by atoms with E-state index in [1.807, 2.05) is 0 Å². The van der Waals surface area contributed by atoms with E-state index in [9.17, 15) is 13.2 Å². The van der Waals surface area contributed by atoms with E-state index in [-0.39, 0.29) is 5.56 Å². The molecule has 0 aromatic heterocycles. The Morgan fingerprint density at radius 2 is 1.84 bits per heavy atom. The molecule has 1 aliphatic rings. The van der Waals surface area contributed by atoms with Gasteiger partial charge >= 0.3 is 6.18 Å². The predicted octanol–water partition coefficient (Wildman–Crippen LogP) is 3.79. The molecule has 19 heavy (non-hydrogen) atoms. The van der Waals surface area contributed by atoms with Crippen LogP contribution in [0.4, 0.5) is 13.2 Å². The van der Waals surface area contributed by atoms with E-state index in [0.29, 0.717) is 12.3 Å². The van der Waals surface area contributed by atoms with E-state index in [0.717, 1.165) is 18.9 Å². The summed E-state index contributed by atoms with van der Waals surface area (Å²) in [6.45, 7) is 0. The Labute approximate surface area is 111 Å². The maximum Gasteiger partial charge on any atom is 0.416 e. The number of benzene rings is 1. The molecule has 1 aliphatic carbocycles. The van der Waals surface area contributed by atoms with Crippen molar-refractivity contribution < 1.29 is 13.2 Å². The summed E-state index contributed by atoms with van der Waals surface area (Å²) >= 11 is 0. The first-order chi connectivity index (χ1) is 9.02. The van der Waals surface area contributed by atoms with E-state index >= 15 is 0 Å². The lowest BCUT2D eigenvalue weighted by Crippen LogP contribution is -2.31. The molecule has 1 unspecified atom stereocenters. The molecule has 0 saturated heterocycles. The standard InChI is InChI=1S/C14H19F3N2/c15-14(16,17)12-8-4-3-7-11(12)13(19-18)9-10-5-1-2-6-10/h3-4,7-8,10,13,19H,1-2,5-6,9,18H2. The van der Waals surface area contributed by atoms with Gasteiger partial charge in [-0.15, -0.1) is 0 Å². The van der Waals surface area contributed by atoms with Gasteiger partial charge in [-0.2, -0.15) is 13.2 Å². The minimum atomic E-state index is -4.33. The molecule has 0 heterocycles. The van der Waals surface area contributed by atoms with Crippen molar-refractivity contribution in [2.45, 2.75) is 44.3 Å². The van der Waals surface area contributed by atoms with Crippen LogP contribution in [-0.4, -0.2) is 0 Å². The lowest BCUT2D eigenvalue weighted by Gasteiger charge is -2.23. The maximum atomic E-state index is 13.0. The molecule has 2 nitrogen and oxygen atoms in total. The summed E-state index contributed by atoms with van der Waals surface area (Å²) in [5.41, 5.74) is 2.22. The van der Waals surface area contributed by atoms with Gasteiger partial charge in [-0.05, 0) is 24.0 Å². The first kappa shape index (κ1) is 14.3. The zero-order chi connectivity index (χ0) is 13.9. The van der Waals surface area contributed by atoms with Gasteiger partial charge in [0.05, 0.1) is 5.56 Å². The molecule has 5 heteroatoms. The summed E-state index contributed by atoms with van der Waals surface area (Å²) in [7, 11) is 0. The van der Waals surface area contributed by atoms with Gasteiger partial charge in [0.2, 0.25) is 0 Å². The van der Waals surface area contributed by atoms with Crippen molar-refractivity contribution in [3.63, 3.8) is 0 Å². The third-order valence-electron chi connectivity index (χ3n) is 3.89. The number of hydrogen-bond donors (Lipinski definition) is 2. The molecule has 1 saturated carbocycles. The van der Waals surface area contributed by atoms with Crippen molar-refractivity contribution in [2.24, 2.45) is 11.8 Å². The Morgan fingerprint density at radius 3 is 2.42 bits per heavy atom. The Balaban J connectivity index is 2.22. The first-order valence-electron chi connectivity index (χ1n) is 6.64. The average molecular weight is 272 g/mol. The molecule has 1 aromatic carbocycles. The van der Waals surface area contributed by atoms with Crippen LogP contribution in [0.3, 0.4) is 0 Å². The van der Waals surface area contributed by atoms with Crippen LogP contribution in [0.15, 0.2) is 24.3 Å². The summed E-state index contributed by atoms with van der Waals surface area (Å²) in [4.78, 5) is 0. The molecule has 0 amide bonds. The van der Waals surface area contributed by atoms with Gasteiger partial charge in [-0.3, -0.25) is 11.3 Å². The normalized spacial score (nSPS) is 18.7. The Kier molecular flexibility index (Phi) is 4.47. The van der Waals surface area contributed by atoms with Crippen LogP contribution < -0.4 is 11.3 Å². The highest BCUT2D eigenvalue weighted by Gasteiger charge is 2.35. The molecular weight excluding hydrogens is 253 g/mol. The third-order valence-corrected chi connectivity index (χ3v) is 3.89. The van der Waals surface area contributed by atoms with Crippen LogP contribution in [0.5, 0.6) is 0 Å². The molecule has 2 rings (SSSR count). The number of halogens is 3. The van der Waals surface area contributed by atoms with Crippen molar-refractivity contribution in [3.8, 4) is 0 Å². The van der Waals surface area contributed by atoms with Gasteiger partial charge in [-0.1, -0.05) is 43.9 Å². The van der Waals surface area contributed by atoms with Crippen LogP contribution in [0.1, 0.15) is 49.3 Å². The fourth-order valence-electron chi connectivity index (χ4n) is 2.92. The fourth-order valence-corrected chi connectivity index (χ4v) is 2.92. The van der Waals surface area contributed by atoms with Gasteiger partial charge in [0.1, 0.15) is 0 Å². The zero-order valence-corrected chi connectivity index (χ0v) is 10.7. The number of rotatable bonds is 4. The number of nitrogens with one attached hydrogen (secondary N) is 1. The lowest BCUT2D eigenvalue weighted by atomic mass is 9.91. The minimum absolute atomic E-state index is 0.254. The van der Waals surface area contributed by atoms with Crippen LogP contribution in [0, 0.1) is 5.92 Å². The van der Waals surface area contributed by atoms with Crippen molar-refractivity contribution in [3.05, 3.63) is 35.4 Å². The smallest absolute Gasteiger partial charge is 0.271 e. The van der Waals surface area contributed by atoms with Crippen molar-refractivity contribution in [1.29, 1.82) is 0 Å². The van der Waals surface area contributed by atoms with E-state index < -0.39 is 17.8 Å². The van der Waals surface area contributed by atoms with Gasteiger partial charge in [0, 0.05) is 6.04 Å². The molecule has 1 aromatic rings. The highest BCUT2D eigenvalue weighted by Crippen LogP contribution is 2.38. The molecule has 1 atom stereocenters. The topological polar surface area (TPSA) is 38.0 Å². The average Bonchev–Trinajstić information content (AvgIpc) is 2.88. The SMILES string of the molecule is NNC(CC1CCCC1)c1ccccc1C(F)(F)F. The van der Waals surface area contributed by atoms with Crippen molar-refractivity contribution in [2.75, 3.05) is 0 Å². The number of alkyl halides is 3. The molecule has 0 aliphatic heterocycles. The summed E-state index contributed by atoms with van der Waals surface area (Å²) in [5.74, 6) is 5.95. The molecule has 1 fully saturated rings. The molecule has 0 radical (unpaired) electrons. The summed E-state index contributed by atoms with van der Waals surface area (Å²) in [5, 5.41) is 0. The zero-order valence-electron chi connectivity index (χ0n) is 10.7. The van der Waals surface area contributed by atoms with Crippen molar-refractivity contribution in [1.82, 2.24) is 5.43 Å². The van der Waals surface area contributed by atoms with Gasteiger partial charge in [0.15, 0.2) is 0 Å². The van der Waals surface area contributed by atoms with Crippen LogP contribution >= 0.6 is 0 Å². The quantitative estimate of drug-likeness (QED) is 0.646. The molecule has 3 N–H and O–H groups in total. The Bertz CT molecular complexity index is 411. The predicted molar refractivity (Wildman–Crippen MR) is 68.1 cm³/mol. The van der Waals surface area contributed by atoms with E-state index in [4.69, 9.17) is 5.84 Å². The number of hydrogen-bond acceptors (Lipinski definition) is 2. The van der Waals surface area contributed by atoms with Crippen LogP contribution in [0.25, 0.3) is 0 Å². The summed E-state index contributed by atoms with van der Waals surface area (Å²) in [6.07, 6.45) is 0.857. The summed E-state index contributed by atoms with van der Waals surface area (Å²) in [6, 6.07) is 5.25. The molecule has 106 valence electrons. The number of hydrazine groups is 1. The monoisotopic (exact) mass is 272 g/mol. The molecular formula is C14H19F3N2. The highest BCUT2D eigenvalue weighted by molar-refractivity contribution is 5.32. The largest absolute Gasteiger partial charge is 0.416 e. The summed E-state index contributed by atoms with van der Waals surface area (Å²) < 4.78 is 39.0. The van der Waals surface area contributed by atoms with Crippen molar-refractivity contribution >= 4 is 0 Å². The maximum absolute atomic E-state index is 13.0. The second-order valence-corrected chi connectivity index (χ2v) is 5.19. The lowest BCUT2D eigenvalue weighted by molar-refractivity contribution is -0.138. The minimum Gasteiger partial charge on any atom is -0.271 e. The third kappa shape index (κ3) is 3.48. The van der Waals surface area contributed by atoms with E-state index in [2.05, 4.69) is 5.43 Å². The Hall–Kier alpha value is -1.07. The van der Waals surface area contributed by atoms with Gasteiger partial charge in [-0.25, -0.2) is 0 Å². The van der Waals surface area contributed by atoms with Gasteiger partial charge < -0.3 is 0 Å². The van der Waals surface area contributed by atoms with Gasteiger partial charge in [0.25, 0.3) is 0 Å². The Morgan fingerprint density at radius 1 is 1.21 bits per heavy atom. The highest BCUT2D eigenvalue weighted by atomic mass is 19.4. The fraction of sp³-hybridized carbons (Fsp3) is 0.571. The van der Waals surface area contributed by atoms with E-state index in [1.54, 1.807) is 6.07 Å². The van der Waals surface area contributed by atoms with Crippen LogP contribution in [0.2, 0.25) is 0 Å². The number of nitrogens with two attached hydrogens (primary N) is 1. The second-order valence-electron chi connectivity index (χ2n) is 5.19. The molecule has 0 bridgehead atoms. The van der Waals surface area contributed by atoms with E-state index in [1.165, 1.54) is 25.0 Å². The first-order valence-corrected chi connectivity index (χ1v) is 6.64. The molecule has 0 spiro atoms.